The average molecular weight is 581 g/mol. The first-order valence-electron chi connectivity index (χ1n) is 11.0. The monoisotopic (exact) mass is 581 g/mol. The van der Waals surface area contributed by atoms with Gasteiger partial charge in [-0.2, -0.15) is 0 Å². The van der Waals surface area contributed by atoms with Crippen molar-refractivity contribution in [3.8, 4) is 11.5 Å². The number of aromatic nitrogens is 2. The van der Waals surface area contributed by atoms with Crippen molar-refractivity contribution in [2.24, 2.45) is 5.41 Å². The van der Waals surface area contributed by atoms with Gasteiger partial charge in [0.1, 0.15) is 5.82 Å². The Morgan fingerprint density at radius 2 is 2.06 bits per heavy atom. The largest absolute Gasteiger partial charge is 0.504 e. The number of carbonyl (C=O) groups excluding carboxylic acids is 1. The molecule has 1 aliphatic heterocycles. The molecule has 9 heteroatoms. The van der Waals surface area contributed by atoms with E-state index in [4.69, 9.17) is 9.72 Å². The fourth-order valence-corrected chi connectivity index (χ4v) is 6.10. The average Bonchev–Trinajstić information content (AvgIpc) is 2.73. The molecule has 0 radical (unpaired) electrons. The zero-order chi connectivity index (χ0) is 23.9. The SMILES string of the molecule is CCCCSc1nc2c(c(=O)[nH]1)C(c1cc(I)c(O)c(OC)c1)C1=C(CC(C)(C)CC1=O)N2. The van der Waals surface area contributed by atoms with Crippen LogP contribution in [0.4, 0.5) is 5.82 Å². The number of phenolic OH excluding ortho intramolecular Hbond substituents is 1. The van der Waals surface area contributed by atoms with Crippen molar-refractivity contribution >= 4 is 46.0 Å². The number of methoxy groups -OCH3 is 1. The Kier molecular flexibility index (Phi) is 6.82. The Morgan fingerprint density at radius 1 is 1.30 bits per heavy atom. The van der Waals surface area contributed by atoms with Gasteiger partial charge >= 0.3 is 0 Å². The van der Waals surface area contributed by atoms with Crippen LogP contribution in [0.5, 0.6) is 11.5 Å². The third-order valence-electron chi connectivity index (χ3n) is 6.04. The second-order valence-corrected chi connectivity index (χ2v) is 11.5. The molecule has 2 aliphatic rings. The third kappa shape index (κ3) is 4.66. The van der Waals surface area contributed by atoms with Gasteiger partial charge in [0.15, 0.2) is 22.4 Å². The molecule has 0 saturated carbocycles. The van der Waals surface area contributed by atoms with Crippen LogP contribution in [0.2, 0.25) is 0 Å². The van der Waals surface area contributed by atoms with Gasteiger partial charge in [0.25, 0.3) is 5.56 Å². The molecule has 2 aromatic rings. The lowest BCUT2D eigenvalue weighted by molar-refractivity contribution is -0.118. The molecule has 1 unspecified atom stereocenters. The highest BCUT2D eigenvalue weighted by atomic mass is 127. The highest BCUT2D eigenvalue weighted by molar-refractivity contribution is 14.1. The van der Waals surface area contributed by atoms with Crippen LogP contribution >= 0.6 is 34.4 Å². The van der Waals surface area contributed by atoms with Crippen molar-refractivity contribution in [3.05, 3.63) is 48.5 Å². The molecule has 1 aliphatic carbocycles. The minimum atomic E-state index is -0.589. The smallest absolute Gasteiger partial charge is 0.257 e. The number of allylic oxidation sites excluding steroid dienone is 2. The van der Waals surface area contributed by atoms with Gasteiger partial charge in [0, 0.05) is 29.4 Å². The zero-order valence-corrected chi connectivity index (χ0v) is 22.1. The van der Waals surface area contributed by atoms with Gasteiger partial charge in [0.2, 0.25) is 0 Å². The number of aromatic hydroxyl groups is 1. The van der Waals surface area contributed by atoms with Gasteiger partial charge in [0.05, 0.1) is 16.2 Å². The Balaban J connectivity index is 1.92. The molecule has 3 N–H and O–H groups in total. The van der Waals surface area contributed by atoms with E-state index in [9.17, 15) is 14.7 Å². The van der Waals surface area contributed by atoms with Gasteiger partial charge in [-0.05, 0) is 58.5 Å². The summed E-state index contributed by atoms with van der Waals surface area (Å²) >= 11 is 3.56. The van der Waals surface area contributed by atoms with Crippen LogP contribution < -0.4 is 15.6 Å². The van der Waals surface area contributed by atoms with Crippen molar-refractivity contribution in [2.75, 3.05) is 18.2 Å². The van der Waals surface area contributed by atoms with E-state index >= 15 is 0 Å². The predicted octanol–water partition coefficient (Wildman–Crippen LogP) is 5.18. The predicted molar refractivity (Wildman–Crippen MR) is 138 cm³/mol. The maximum Gasteiger partial charge on any atom is 0.257 e. The first-order chi connectivity index (χ1) is 15.6. The van der Waals surface area contributed by atoms with Crippen LogP contribution in [0.25, 0.3) is 0 Å². The van der Waals surface area contributed by atoms with Crippen molar-refractivity contribution in [2.45, 2.75) is 57.5 Å². The molecule has 1 atom stereocenters. The molecule has 0 spiro atoms. The Bertz CT molecular complexity index is 1200. The molecular weight excluding hydrogens is 553 g/mol. The number of phenols is 1. The number of ether oxygens (including phenoxy) is 1. The van der Waals surface area contributed by atoms with Crippen LogP contribution in [0.1, 0.15) is 63.5 Å². The summed E-state index contributed by atoms with van der Waals surface area (Å²) in [5.41, 5.74) is 2.11. The summed E-state index contributed by atoms with van der Waals surface area (Å²) in [5.74, 6) is 1.14. The molecule has 2 heterocycles. The first kappa shape index (κ1) is 24.1. The van der Waals surface area contributed by atoms with Crippen molar-refractivity contribution < 1.29 is 14.6 Å². The minimum Gasteiger partial charge on any atom is -0.504 e. The summed E-state index contributed by atoms with van der Waals surface area (Å²) < 4.78 is 5.96. The number of halogens is 1. The lowest BCUT2D eigenvalue weighted by atomic mass is 9.69. The van der Waals surface area contributed by atoms with Gasteiger partial charge < -0.3 is 20.1 Å². The van der Waals surface area contributed by atoms with Crippen LogP contribution in [-0.2, 0) is 4.79 Å². The molecule has 7 nitrogen and oxygen atoms in total. The quantitative estimate of drug-likeness (QED) is 0.187. The number of ketones is 1. The molecule has 176 valence electrons. The maximum absolute atomic E-state index is 13.4. The lowest BCUT2D eigenvalue weighted by Gasteiger charge is -2.38. The van der Waals surface area contributed by atoms with Gasteiger partial charge in [-0.3, -0.25) is 9.59 Å². The van der Waals surface area contributed by atoms with Gasteiger partial charge in [-0.25, -0.2) is 4.98 Å². The van der Waals surface area contributed by atoms with Crippen LogP contribution in [0.3, 0.4) is 0 Å². The van der Waals surface area contributed by atoms with Crippen LogP contribution in [0, 0.1) is 8.99 Å². The summed E-state index contributed by atoms with van der Waals surface area (Å²) in [5, 5.41) is 14.3. The van der Waals surface area contributed by atoms with E-state index in [2.05, 4.69) is 31.1 Å². The summed E-state index contributed by atoms with van der Waals surface area (Å²) in [6.45, 7) is 6.27. The Hall–Kier alpha value is -2.01. The number of hydrogen-bond donors (Lipinski definition) is 3. The minimum absolute atomic E-state index is 0.0206. The molecule has 33 heavy (non-hydrogen) atoms. The number of Topliss-reactive ketones (excluding diaryl/α,β-unsaturated/α-hetero) is 1. The topological polar surface area (TPSA) is 104 Å². The van der Waals surface area contributed by atoms with Gasteiger partial charge in [-0.15, -0.1) is 0 Å². The number of unbranched alkanes of at least 4 members (excludes halogenated alkanes) is 1. The summed E-state index contributed by atoms with van der Waals surface area (Å²) in [6.07, 6.45) is 3.19. The van der Waals surface area contributed by atoms with Crippen molar-refractivity contribution in [3.63, 3.8) is 0 Å². The number of aromatic amines is 1. The number of carbonyl (C=O) groups is 1. The standard InChI is InChI=1S/C24H28IN3O4S/c1-5-6-7-33-23-27-21-19(22(31)28-23)17(12-8-13(25)20(30)16(9-12)32-4)18-14(26-21)10-24(2,3)11-15(18)29/h8-9,17,30H,5-7,10-11H2,1-4H3,(H2,26,27,28,31). The van der Waals surface area contributed by atoms with E-state index in [1.165, 1.54) is 18.9 Å². The number of benzene rings is 1. The van der Waals surface area contributed by atoms with E-state index in [1.807, 2.05) is 22.6 Å². The molecule has 1 aromatic heterocycles. The van der Waals surface area contributed by atoms with E-state index in [-0.39, 0.29) is 22.5 Å². The highest BCUT2D eigenvalue weighted by Gasteiger charge is 2.42. The van der Waals surface area contributed by atoms with E-state index in [1.54, 1.807) is 12.1 Å². The summed E-state index contributed by atoms with van der Waals surface area (Å²) in [4.78, 5) is 34.4. The fourth-order valence-electron chi connectivity index (χ4n) is 4.52. The first-order valence-corrected chi connectivity index (χ1v) is 13.1. The van der Waals surface area contributed by atoms with E-state index < -0.39 is 5.92 Å². The highest BCUT2D eigenvalue weighted by Crippen LogP contribution is 2.49. The normalized spacial score (nSPS) is 19.1. The second kappa shape index (κ2) is 9.32. The number of nitrogens with one attached hydrogen (secondary N) is 2. The number of nitrogens with zero attached hydrogens (tertiary/aromatic N) is 1. The molecule has 0 saturated heterocycles. The summed E-state index contributed by atoms with van der Waals surface area (Å²) in [6, 6.07) is 3.51. The molecule has 0 fully saturated rings. The molecule has 0 bridgehead atoms. The Morgan fingerprint density at radius 3 is 2.76 bits per heavy atom. The Labute approximate surface area is 211 Å². The number of H-pyrrole nitrogens is 1. The van der Waals surface area contributed by atoms with E-state index in [0.717, 1.165) is 29.9 Å². The van der Waals surface area contributed by atoms with Crippen molar-refractivity contribution in [1.82, 2.24) is 9.97 Å². The third-order valence-corrected chi connectivity index (χ3v) is 7.82. The number of rotatable bonds is 6. The fraction of sp³-hybridized carbons (Fsp3) is 0.458. The second-order valence-electron chi connectivity index (χ2n) is 9.28. The molecule has 4 rings (SSSR count). The molecule has 1 aromatic carbocycles. The maximum atomic E-state index is 13.4. The van der Waals surface area contributed by atoms with E-state index in [0.29, 0.717) is 44.3 Å². The molecule has 0 amide bonds. The van der Waals surface area contributed by atoms with Crippen molar-refractivity contribution in [1.29, 1.82) is 0 Å². The zero-order valence-electron chi connectivity index (χ0n) is 19.2. The summed E-state index contributed by atoms with van der Waals surface area (Å²) in [7, 11) is 1.48. The molecular formula is C24H28IN3O4S. The van der Waals surface area contributed by atoms with Crippen LogP contribution in [0.15, 0.2) is 33.4 Å². The van der Waals surface area contributed by atoms with Gasteiger partial charge in [-0.1, -0.05) is 39.0 Å². The number of hydrogen-bond acceptors (Lipinski definition) is 7. The lowest BCUT2D eigenvalue weighted by Crippen LogP contribution is -2.37. The number of fused-ring (bicyclic) bond motifs is 1. The number of anilines is 1. The number of thioether (sulfide) groups is 1. The van der Waals surface area contributed by atoms with Crippen LogP contribution in [-0.4, -0.2) is 33.7 Å².